The van der Waals surface area contributed by atoms with E-state index < -0.39 is 5.97 Å². The van der Waals surface area contributed by atoms with E-state index in [1.165, 1.54) is 0 Å². The minimum absolute atomic E-state index is 0.118. The Morgan fingerprint density at radius 1 is 1.33 bits per heavy atom. The van der Waals surface area contributed by atoms with Crippen LogP contribution in [0.2, 0.25) is 0 Å². The maximum atomic E-state index is 10.9. The summed E-state index contributed by atoms with van der Waals surface area (Å²) in [5.74, 6) is -0.153. The average Bonchev–Trinajstić information content (AvgIpc) is 2.37. The fraction of sp³-hybridized carbons (Fsp3) is 0.500. The van der Waals surface area contributed by atoms with Crippen LogP contribution in [0.5, 0.6) is 0 Å². The van der Waals surface area contributed by atoms with Crippen LogP contribution in [0.3, 0.4) is 0 Å². The minimum Gasteiger partial charge on any atom is -0.481 e. The van der Waals surface area contributed by atoms with E-state index in [1.54, 1.807) is 0 Å². The molecule has 0 atom stereocenters. The van der Waals surface area contributed by atoms with E-state index in [2.05, 4.69) is 27.3 Å². The van der Waals surface area contributed by atoms with Crippen molar-refractivity contribution in [3.63, 3.8) is 0 Å². The van der Waals surface area contributed by atoms with Crippen molar-refractivity contribution < 1.29 is 9.90 Å². The summed E-state index contributed by atoms with van der Waals surface area (Å²) >= 11 is 3.45. The molecular formula is C14H18BrNO2. The zero-order chi connectivity index (χ0) is 13.0. The number of hydrogen-bond acceptors (Lipinski definition) is 2. The second-order valence-electron chi connectivity index (χ2n) is 4.95. The fourth-order valence-corrected chi connectivity index (χ4v) is 2.87. The summed E-state index contributed by atoms with van der Waals surface area (Å²) in [6.07, 6.45) is 3.66. The Kier molecular flexibility index (Phi) is 4.64. The average molecular weight is 312 g/mol. The second-order valence-corrected chi connectivity index (χ2v) is 5.86. The number of carboxylic acid groups (broad SMARTS) is 1. The van der Waals surface area contributed by atoms with Crippen LogP contribution >= 0.6 is 15.9 Å². The Balaban J connectivity index is 1.77. The van der Waals surface area contributed by atoms with E-state index in [0.717, 1.165) is 42.4 Å². The molecule has 2 rings (SSSR count). The SMILES string of the molecule is O=C(O)C1CCC(CNc2cccc(Br)c2)CC1. The first-order valence-corrected chi connectivity index (χ1v) is 7.16. The number of carbonyl (C=O) groups is 1. The quantitative estimate of drug-likeness (QED) is 0.890. The summed E-state index contributed by atoms with van der Waals surface area (Å²) in [5.41, 5.74) is 1.12. The van der Waals surface area contributed by atoms with Crippen molar-refractivity contribution in [2.75, 3.05) is 11.9 Å². The van der Waals surface area contributed by atoms with Crippen LogP contribution in [0.4, 0.5) is 5.69 Å². The molecule has 0 aromatic heterocycles. The number of anilines is 1. The van der Waals surface area contributed by atoms with Gasteiger partial charge in [-0.05, 0) is 49.8 Å². The lowest BCUT2D eigenvalue weighted by molar-refractivity contribution is -0.143. The summed E-state index contributed by atoms with van der Waals surface area (Å²) in [5, 5.41) is 12.4. The van der Waals surface area contributed by atoms with Gasteiger partial charge in [0.1, 0.15) is 0 Å². The molecule has 0 spiro atoms. The van der Waals surface area contributed by atoms with Crippen LogP contribution in [-0.4, -0.2) is 17.6 Å². The third-order valence-electron chi connectivity index (χ3n) is 3.62. The number of aliphatic carboxylic acids is 1. The molecule has 1 aromatic rings. The van der Waals surface area contributed by atoms with Gasteiger partial charge in [-0.3, -0.25) is 4.79 Å². The van der Waals surface area contributed by atoms with E-state index >= 15 is 0 Å². The monoisotopic (exact) mass is 311 g/mol. The summed E-state index contributed by atoms with van der Waals surface area (Å²) in [6, 6.07) is 8.12. The molecule has 0 bridgehead atoms. The number of rotatable bonds is 4. The summed E-state index contributed by atoms with van der Waals surface area (Å²) in [4.78, 5) is 10.9. The van der Waals surface area contributed by atoms with Crippen LogP contribution in [0.25, 0.3) is 0 Å². The third-order valence-corrected chi connectivity index (χ3v) is 4.11. The maximum Gasteiger partial charge on any atom is 0.306 e. The molecule has 2 N–H and O–H groups in total. The molecule has 1 saturated carbocycles. The van der Waals surface area contributed by atoms with Gasteiger partial charge in [0.25, 0.3) is 0 Å². The van der Waals surface area contributed by atoms with E-state index in [-0.39, 0.29) is 5.92 Å². The first-order chi connectivity index (χ1) is 8.65. The Bertz CT molecular complexity index is 414. The van der Waals surface area contributed by atoms with Crippen molar-refractivity contribution in [1.29, 1.82) is 0 Å². The highest BCUT2D eigenvalue weighted by Gasteiger charge is 2.25. The standard InChI is InChI=1S/C14H18BrNO2/c15-12-2-1-3-13(8-12)16-9-10-4-6-11(7-5-10)14(17)18/h1-3,8,10-11,16H,4-7,9H2,(H,17,18). The lowest BCUT2D eigenvalue weighted by Crippen LogP contribution is -2.25. The lowest BCUT2D eigenvalue weighted by atomic mass is 9.82. The number of hydrogen-bond donors (Lipinski definition) is 2. The molecule has 3 nitrogen and oxygen atoms in total. The normalized spacial score (nSPS) is 23.6. The highest BCUT2D eigenvalue weighted by Crippen LogP contribution is 2.29. The predicted molar refractivity (Wildman–Crippen MR) is 75.7 cm³/mol. The van der Waals surface area contributed by atoms with Crippen molar-refractivity contribution in [3.05, 3.63) is 28.7 Å². The molecule has 0 heterocycles. The van der Waals surface area contributed by atoms with Gasteiger partial charge in [-0.2, -0.15) is 0 Å². The molecule has 4 heteroatoms. The molecule has 1 fully saturated rings. The maximum absolute atomic E-state index is 10.9. The Morgan fingerprint density at radius 3 is 2.67 bits per heavy atom. The van der Waals surface area contributed by atoms with E-state index in [1.807, 2.05) is 18.2 Å². The summed E-state index contributed by atoms with van der Waals surface area (Å²) in [7, 11) is 0. The van der Waals surface area contributed by atoms with Crippen LogP contribution in [0.1, 0.15) is 25.7 Å². The smallest absolute Gasteiger partial charge is 0.306 e. The Hall–Kier alpha value is -1.03. The molecule has 0 aliphatic heterocycles. The first-order valence-electron chi connectivity index (χ1n) is 6.37. The zero-order valence-electron chi connectivity index (χ0n) is 10.2. The molecule has 0 amide bonds. The van der Waals surface area contributed by atoms with Gasteiger partial charge in [-0.1, -0.05) is 22.0 Å². The Morgan fingerprint density at radius 2 is 2.06 bits per heavy atom. The van der Waals surface area contributed by atoms with Gasteiger partial charge < -0.3 is 10.4 Å². The van der Waals surface area contributed by atoms with Gasteiger partial charge in [0.15, 0.2) is 0 Å². The van der Waals surface area contributed by atoms with Crippen molar-refractivity contribution in [2.24, 2.45) is 11.8 Å². The minimum atomic E-state index is -0.631. The second kappa shape index (κ2) is 6.23. The van der Waals surface area contributed by atoms with Crippen LogP contribution in [0.15, 0.2) is 28.7 Å². The molecule has 1 aromatic carbocycles. The molecule has 1 aliphatic rings. The number of nitrogens with one attached hydrogen (secondary N) is 1. The molecule has 0 saturated heterocycles. The van der Waals surface area contributed by atoms with E-state index in [9.17, 15) is 4.79 Å². The van der Waals surface area contributed by atoms with Gasteiger partial charge in [0, 0.05) is 16.7 Å². The molecule has 0 unspecified atom stereocenters. The van der Waals surface area contributed by atoms with E-state index in [4.69, 9.17) is 5.11 Å². The van der Waals surface area contributed by atoms with Crippen molar-refractivity contribution in [1.82, 2.24) is 0 Å². The summed E-state index contributed by atoms with van der Waals surface area (Å²) < 4.78 is 1.07. The van der Waals surface area contributed by atoms with Gasteiger partial charge in [-0.15, -0.1) is 0 Å². The molecule has 98 valence electrons. The summed E-state index contributed by atoms with van der Waals surface area (Å²) in [6.45, 7) is 0.933. The lowest BCUT2D eigenvalue weighted by Gasteiger charge is -2.26. The molecular weight excluding hydrogens is 294 g/mol. The molecule has 1 aliphatic carbocycles. The molecule has 0 radical (unpaired) electrons. The van der Waals surface area contributed by atoms with Crippen LogP contribution < -0.4 is 5.32 Å². The van der Waals surface area contributed by atoms with Crippen molar-refractivity contribution in [3.8, 4) is 0 Å². The zero-order valence-corrected chi connectivity index (χ0v) is 11.8. The highest BCUT2D eigenvalue weighted by molar-refractivity contribution is 9.10. The van der Waals surface area contributed by atoms with Gasteiger partial charge in [0.05, 0.1) is 5.92 Å². The largest absolute Gasteiger partial charge is 0.481 e. The van der Waals surface area contributed by atoms with Crippen molar-refractivity contribution >= 4 is 27.6 Å². The Labute approximate surface area is 116 Å². The van der Waals surface area contributed by atoms with Crippen molar-refractivity contribution in [2.45, 2.75) is 25.7 Å². The topological polar surface area (TPSA) is 49.3 Å². The number of carboxylic acids is 1. The first kappa shape index (κ1) is 13.4. The number of halogens is 1. The van der Waals surface area contributed by atoms with Crippen LogP contribution in [-0.2, 0) is 4.79 Å². The number of benzene rings is 1. The van der Waals surface area contributed by atoms with Gasteiger partial charge in [0.2, 0.25) is 0 Å². The molecule has 18 heavy (non-hydrogen) atoms. The van der Waals surface area contributed by atoms with Crippen LogP contribution in [0, 0.1) is 11.8 Å². The van der Waals surface area contributed by atoms with Gasteiger partial charge >= 0.3 is 5.97 Å². The third kappa shape index (κ3) is 3.73. The predicted octanol–water partition coefficient (Wildman–Crippen LogP) is 3.75. The van der Waals surface area contributed by atoms with E-state index in [0.29, 0.717) is 5.92 Å². The fourth-order valence-electron chi connectivity index (χ4n) is 2.47. The van der Waals surface area contributed by atoms with Gasteiger partial charge in [-0.25, -0.2) is 0 Å². The highest BCUT2D eigenvalue weighted by atomic mass is 79.9.